The summed E-state index contributed by atoms with van der Waals surface area (Å²) in [6, 6.07) is 1.84. The number of aromatic nitrogens is 1. The van der Waals surface area contributed by atoms with Crippen molar-refractivity contribution in [1.29, 1.82) is 0 Å². The molecule has 26 heavy (non-hydrogen) atoms. The molecule has 1 saturated carbocycles. The number of pyridine rings is 1. The zero-order valence-electron chi connectivity index (χ0n) is 13.1. The van der Waals surface area contributed by atoms with E-state index < -0.39 is 44.8 Å². The molecular weight excluding hydrogens is 390 g/mol. The minimum Gasteiger partial charge on any atom is -0.315 e. The lowest BCUT2D eigenvalue weighted by atomic mass is 9.77. The number of rotatable bonds is 3. The first-order valence-corrected chi connectivity index (χ1v) is 9.02. The molecular formula is C14H14F6N2O3S. The molecule has 2 aliphatic rings. The fourth-order valence-corrected chi connectivity index (χ4v) is 4.37. The van der Waals surface area contributed by atoms with Gasteiger partial charge < -0.3 is 5.32 Å². The Hall–Kier alpha value is -1.40. The standard InChI is InChI=1S/C14H14F6N2O3S/c15-13(16,17)9-1-2-10(22-6-9)12-4-3-8(5-21-7-12)11(12)25-26(23,24)14(18,19)20/h1-2,6,8,11,21H,3-5,7H2/t8?,11-,12?/m1/s1. The molecule has 0 spiro atoms. The average molecular weight is 404 g/mol. The zero-order valence-corrected chi connectivity index (χ0v) is 13.9. The summed E-state index contributed by atoms with van der Waals surface area (Å²) in [5, 5.41) is 2.97. The van der Waals surface area contributed by atoms with Crippen LogP contribution in [0.3, 0.4) is 0 Å². The van der Waals surface area contributed by atoms with Gasteiger partial charge in [0.15, 0.2) is 0 Å². The first-order valence-electron chi connectivity index (χ1n) is 7.61. The Morgan fingerprint density at radius 1 is 1.19 bits per heavy atom. The van der Waals surface area contributed by atoms with Gasteiger partial charge in [0.05, 0.1) is 22.8 Å². The number of piperidine rings is 1. The van der Waals surface area contributed by atoms with Crippen LogP contribution in [0.2, 0.25) is 0 Å². The Bertz CT molecular complexity index is 773. The van der Waals surface area contributed by atoms with Crippen LogP contribution < -0.4 is 5.32 Å². The number of fused-ring (bicyclic) bond motifs is 2. The van der Waals surface area contributed by atoms with Gasteiger partial charge in [0.2, 0.25) is 0 Å². The summed E-state index contributed by atoms with van der Waals surface area (Å²) in [7, 11) is -5.84. The molecule has 1 aliphatic heterocycles. The van der Waals surface area contributed by atoms with Crippen LogP contribution in [-0.2, 0) is 25.9 Å². The molecule has 5 nitrogen and oxygen atoms in total. The van der Waals surface area contributed by atoms with Crippen molar-refractivity contribution in [1.82, 2.24) is 10.3 Å². The van der Waals surface area contributed by atoms with E-state index in [1.54, 1.807) is 0 Å². The van der Waals surface area contributed by atoms with Crippen molar-refractivity contribution in [3.05, 3.63) is 29.6 Å². The third kappa shape index (κ3) is 3.18. The highest BCUT2D eigenvalue weighted by Crippen LogP contribution is 2.49. The van der Waals surface area contributed by atoms with Gasteiger partial charge in [-0.2, -0.15) is 34.8 Å². The first kappa shape index (κ1) is 19.4. The van der Waals surface area contributed by atoms with Crippen molar-refractivity contribution in [2.24, 2.45) is 5.92 Å². The predicted molar refractivity (Wildman–Crippen MR) is 76.4 cm³/mol. The van der Waals surface area contributed by atoms with Crippen LogP contribution in [0.25, 0.3) is 0 Å². The Morgan fingerprint density at radius 2 is 1.88 bits per heavy atom. The fraction of sp³-hybridized carbons (Fsp3) is 0.643. The maximum Gasteiger partial charge on any atom is 0.523 e. The molecule has 0 amide bonds. The highest BCUT2D eigenvalue weighted by atomic mass is 32.2. The number of hydrogen-bond donors (Lipinski definition) is 1. The van der Waals surface area contributed by atoms with Crippen molar-refractivity contribution in [2.45, 2.75) is 36.0 Å². The zero-order chi connectivity index (χ0) is 19.4. The maximum absolute atomic E-state index is 12.7. The number of nitrogens with zero attached hydrogens (tertiary/aromatic N) is 1. The van der Waals surface area contributed by atoms with Crippen LogP contribution in [0.4, 0.5) is 26.3 Å². The molecule has 2 heterocycles. The van der Waals surface area contributed by atoms with Crippen LogP contribution in [0.1, 0.15) is 24.1 Å². The van der Waals surface area contributed by atoms with Gasteiger partial charge in [-0.05, 0) is 25.0 Å². The van der Waals surface area contributed by atoms with Gasteiger partial charge >= 0.3 is 21.8 Å². The summed E-state index contributed by atoms with van der Waals surface area (Å²) < 4.78 is 104. The lowest BCUT2D eigenvalue weighted by Crippen LogP contribution is -2.55. The van der Waals surface area contributed by atoms with Crippen molar-refractivity contribution in [3.63, 3.8) is 0 Å². The van der Waals surface area contributed by atoms with Crippen molar-refractivity contribution < 1.29 is 38.9 Å². The number of alkyl halides is 6. The topological polar surface area (TPSA) is 68.3 Å². The average Bonchev–Trinajstić information content (AvgIpc) is 2.72. The van der Waals surface area contributed by atoms with E-state index in [0.717, 1.165) is 12.1 Å². The van der Waals surface area contributed by atoms with E-state index in [2.05, 4.69) is 14.5 Å². The van der Waals surface area contributed by atoms with Gasteiger partial charge in [0, 0.05) is 25.2 Å². The van der Waals surface area contributed by atoms with Gasteiger partial charge in [0.25, 0.3) is 0 Å². The third-order valence-electron chi connectivity index (χ3n) is 4.90. The Balaban J connectivity index is 1.97. The van der Waals surface area contributed by atoms with E-state index in [1.165, 1.54) is 0 Å². The molecule has 3 rings (SSSR count). The Morgan fingerprint density at radius 3 is 2.42 bits per heavy atom. The Labute approximate surface area is 144 Å². The molecule has 1 aliphatic carbocycles. The molecule has 0 radical (unpaired) electrons. The molecule has 1 aromatic heterocycles. The smallest absolute Gasteiger partial charge is 0.315 e. The van der Waals surface area contributed by atoms with Crippen LogP contribution in [-0.4, -0.2) is 38.1 Å². The number of hydrogen-bond acceptors (Lipinski definition) is 5. The molecule has 1 saturated heterocycles. The van der Waals surface area contributed by atoms with E-state index >= 15 is 0 Å². The summed E-state index contributed by atoms with van der Waals surface area (Å²) in [6.45, 7) is 0.306. The second kappa shape index (κ2) is 6.06. The summed E-state index contributed by atoms with van der Waals surface area (Å²) >= 11 is 0. The Kier molecular flexibility index (Phi) is 4.51. The lowest BCUT2D eigenvalue weighted by Gasteiger charge is -2.40. The van der Waals surface area contributed by atoms with E-state index in [1.807, 2.05) is 0 Å². The molecule has 2 fully saturated rings. The molecule has 0 aromatic carbocycles. The third-order valence-corrected chi connectivity index (χ3v) is 5.92. The van der Waals surface area contributed by atoms with Gasteiger partial charge in [0.1, 0.15) is 0 Å². The van der Waals surface area contributed by atoms with Crippen LogP contribution in [0.5, 0.6) is 0 Å². The maximum atomic E-state index is 12.7. The normalized spacial score (nSPS) is 29.8. The monoisotopic (exact) mass is 404 g/mol. The van der Waals surface area contributed by atoms with E-state index in [0.29, 0.717) is 12.6 Å². The fourth-order valence-electron chi connectivity index (χ4n) is 3.65. The largest absolute Gasteiger partial charge is 0.523 e. The molecule has 2 bridgehead atoms. The second-order valence-electron chi connectivity index (χ2n) is 6.43. The van der Waals surface area contributed by atoms with E-state index in [4.69, 9.17) is 0 Å². The molecule has 2 unspecified atom stereocenters. The number of halogens is 6. The quantitative estimate of drug-likeness (QED) is 0.477. The van der Waals surface area contributed by atoms with Crippen molar-refractivity contribution in [3.8, 4) is 0 Å². The van der Waals surface area contributed by atoms with Gasteiger partial charge in [-0.3, -0.25) is 9.17 Å². The summed E-state index contributed by atoms with van der Waals surface area (Å²) in [5.41, 5.74) is -7.75. The first-order chi connectivity index (χ1) is 11.9. The number of nitrogens with one attached hydrogen (secondary N) is 1. The van der Waals surface area contributed by atoms with Gasteiger partial charge in [-0.15, -0.1) is 0 Å². The van der Waals surface area contributed by atoms with Crippen LogP contribution in [0.15, 0.2) is 18.3 Å². The van der Waals surface area contributed by atoms with Gasteiger partial charge in [-0.1, -0.05) is 0 Å². The van der Waals surface area contributed by atoms with Crippen molar-refractivity contribution in [2.75, 3.05) is 13.1 Å². The van der Waals surface area contributed by atoms with Gasteiger partial charge in [-0.25, -0.2) is 0 Å². The summed E-state index contributed by atoms with van der Waals surface area (Å²) in [4.78, 5) is 3.76. The molecule has 1 aromatic rings. The highest BCUT2D eigenvalue weighted by molar-refractivity contribution is 7.87. The van der Waals surface area contributed by atoms with Crippen molar-refractivity contribution >= 4 is 10.1 Å². The highest BCUT2D eigenvalue weighted by Gasteiger charge is 2.59. The molecule has 12 heteroatoms. The minimum atomic E-state index is -5.84. The van der Waals surface area contributed by atoms with E-state index in [9.17, 15) is 34.8 Å². The lowest BCUT2D eigenvalue weighted by molar-refractivity contribution is -0.137. The van der Waals surface area contributed by atoms with Crippen LogP contribution >= 0.6 is 0 Å². The summed E-state index contributed by atoms with van der Waals surface area (Å²) in [6.07, 6.45) is -4.75. The second-order valence-corrected chi connectivity index (χ2v) is 8.00. The molecule has 1 N–H and O–H groups in total. The van der Waals surface area contributed by atoms with E-state index in [-0.39, 0.29) is 25.2 Å². The molecule has 3 atom stereocenters. The summed E-state index contributed by atoms with van der Waals surface area (Å²) in [5.74, 6) is -0.523. The predicted octanol–water partition coefficient (Wildman–Crippen LogP) is 2.59. The van der Waals surface area contributed by atoms with Crippen LogP contribution in [0, 0.1) is 5.92 Å². The molecule has 146 valence electrons. The minimum absolute atomic E-state index is 0.0555. The SMILES string of the molecule is O=S(=O)(O[C@@H]1C2CCC1(c1ccc(C(F)(F)F)cn1)CNC2)C(F)(F)F.